The maximum absolute atomic E-state index is 5.57. The third-order valence-electron chi connectivity index (χ3n) is 1.25. The number of halogens is 2. The third kappa shape index (κ3) is 1.86. The van der Waals surface area contributed by atoms with Gasteiger partial charge in [-0.15, -0.1) is 11.6 Å². The van der Waals surface area contributed by atoms with Gasteiger partial charge in [0.2, 0.25) is 5.79 Å². The summed E-state index contributed by atoms with van der Waals surface area (Å²) in [5.74, 6) is -0.911. The summed E-state index contributed by atoms with van der Waals surface area (Å²) < 4.78 is 9.82. The number of hydrogen-bond acceptors (Lipinski definition) is 2. The molecule has 0 N–H and O–H groups in total. The molecule has 0 aliphatic rings. The van der Waals surface area contributed by atoms with Gasteiger partial charge in [-0.05, 0) is 0 Å². The molecule has 0 aromatic rings. The predicted octanol–water partition coefficient (Wildman–Crippen LogP) is 1.97. The number of methoxy groups -OCH3 is 2. The van der Waals surface area contributed by atoms with E-state index >= 15 is 0 Å². The van der Waals surface area contributed by atoms with Crippen molar-refractivity contribution in [3.05, 3.63) is 11.6 Å². The Bertz CT molecular complexity index is 113. The lowest BCUT2D eigenvalue weighted by Gasteiger charge is -2.26. The molecule has 0 aliphatic heterocycles. The summed E-state index contributed by atoms with van der Waals surface area (Å²) in [4.78, 5) is 0. The molecule has 0 bridgehead atoms. The molecule has 2 nitrogen and oxygen atoms in total. The Morgan fingerprint density at radius 1 is 1.50 bits per heavy atom. The molecule has 0 amide bonds. The number of ether oxygens (including phenoxy) is 2. The molecule has 0 unspecified atom stereocenters. The number of alkyl halides is 1. The van der Waals surface area contributed by atoms with Crippen molar-refractivity contribution in [1.82, 2.24) is 0 Å². The molecule has 0 aromatic heterocycles. The molecule has 0 atom stereocenters. The zero-order valence-electron chi connectivity index (χ0n) is 5.99. The molecule has 0 spiro atoms. The maximum atomic E-state index is 5.57. The minimum absolute atomic E-state index is 0.127. The zero-order valence-corrected chi connectivity index (χ0v) is 7.50. The molecule has 60 valence electrons. The molecular weight excluding hydrogens is 175 g/mol. The van der Waals surface area contributed by atoms with Crippen molar-refractivity contribution in [1.29, 1.82) is 0 Å². The summed E-state index contributed by atoms with van der Waals surface area (Å²) in [6.45, 7) is 3.47. The van der Waals surface area contributed by atoms with E-state index < -0.39 is 5.79 Å². The van der Waals surface area contributed by atoms with Gasteiger partial charge in [0, 0.05) is 14.2 Å². The average molecular weight is 185 g/mol. The van der Waals surface area contributed by atoms with E-state index in [0.29, 0.717) is 0 Å². The molecule has 4 heteroatoms. The molecule has 0 heterocycles. The second-order valence-electron chi connectivity index (χ2n) is 1.70. The second kappa shape index (κ2) is 4.19. The lowest BCUT2D eigenvalue weighted by Crippen LogP contribution is -2.35. The fraction of sp³-hybridized carbons (Fsp3) is 0.667. The summed E-state index contributed by atoms with van der Waals surface area (Å²) in [6.07, 6.45) is 0. The largest absolute Gasteiger partial charge is 0.348 e. The molecule has 0 aliphatic carbocycles. The van der Waals surface area contributed by atoms with E-state index in [-0.39, 0.29) is 10.9 Å². The van der Waals surface area contributed by atoms with Gasteiger partial charge in [-0.2, -0.15) is 0 Å². The summed E-state index contributed by atoms with van der Waals surface area (Å²) in [5.41, 5.74) is 0. The Morgan fingerprint density at radius 2 is 1.90 bits per heavy atom. The molecule has 0 radical (unpaired) electrons. The quantitative estimate of drug-likeness (QED) is 0.492. The van der Waals surface area contributed by atoms with Gasteiger partial charge in [0.15, 0.2) is 0 Å². The van der Waals surface area contributed by atoms with Gasteiger partial charge in [-0.25, -0.2) is 0 Å². The van der Waals surface area contributed by atoms with Gasteiger partial charge in [0.25, 0.3) is 0 Å². The van der Waals surface area contributed by atoms with Crippen LogP contribution in [-0.4, -0.2) is 25.9 Å². The first-order valence-electron chi connectivity index (χ1n) is 2.64. The topological polar surface area (TPSA) is 18.5 Å². The minimum Gasteiger partial charge on any atom is -0.348 e. The van der Waals surface area contributed by atoms with Crippen LogP contribution in [0.25, 0.3) is 0 Å². The van der Waals surface area contributed by atoms with Crippen molar-refractivity contribution in [2.24, 2.45) is 0 Å². The van der Waals surface area contributed by atoms with Crippen LogP contribution in [-0.2, 0) is 9.47 Å². The summed E-state index contributed by atoms with van der Waals surface area (Å²) in [7, 11) is 2.92. The Morgan fingerprint density at radius 3 is 1.90 bits per heavy atom. The maximum Gasteiger partial charge on any atom is 0.218 e. The highest BCUT2D eigenvalue weighted by Gasteiger charge is 2.31. The van der Waals surface area contributed by atoms with E-state index in [1.54, 1.807) is 0 Å². The fourth-order valence-corrected chi connectivity index (χ4v) is 1.16. The first-order chi connectivity index (χ1) is 4.63. The van der Waals surface area contributed by atoms with Gasteiger partial charge in [-0.1, -0.05) is 18.2 Å². The number of hydrogen-bond donors (Lipinski definition) is 0. The predicted molar refractivity (Wildman–Crippen MR) is 42.5 cm³/mol. The average Bonchev–Trinajstić information content (AvgIpc) is 1.92. The molecule has 10 heavy (non-hydrogen) atoms. The van der Waals surface area contributed by atoms with Gasteiger partial charge in [0.1, 0.15) is 0 Å². The lowest BCUT2D eigenvalue weighted by atomic mass is 10.3. The van der Waals surface area contributed by atoms with Crippen molar-refractivity contribution in [2.75, 3.05) is 20.1 Å². The van der Waals surface area contributed by atoms with Crippen LogP contribution in [0.2, 0.25) is 0 Å². The highest BCUT2D eigenvalue weighted by Crippen LogP contribution is 2.24. The molecule has 0 saturated heterocycles. The fourth-order valence-electron chi connectivity index (χ4n) is 0.486. The first kappa shape index (κ1) is 10.2. The summed E-state index contributed by atoms with van der Waals surface area (Å²) >= 11 is 11.1. The van der Waals surface area contributed by atoms with Gasteiger partial charge in [0.05, 0.1) is 10.9 Å². The third-order valence-corrected chi connectivity index (χ3v) is 1.89. The van der Waals surface area contributed by atoms with Crippen LogP contribution >= 0.6 is 23.2 Å². The number of rotatable bonds is 4. The highest BCUT2D eigenvalue weighted by molar-refractivity contribution is 6.31. The van der Waals surface area contributed by atoms with E-state index in [2.05, 4.69) is 6.58 Å². The highest BCUT2D eigenvalue weighted by atomic mass is 35.5. The summed E-state index contributed by atoms with van der Waals surface area (Å²) in [6, 6.07) is 0. The van der Waals surface area contributed by atoms with Crippen molar-refractivity contribution in [3.63, 3.8) is 0 Å². The molecule has 0 rings (SSSR count). The molecule has 0 saturated carbocycles. The first-order valence-corrected chi connectivity index (χ1v) is 3.55. The van der Waals surface area contributed by atoms with E-state index in [0.717, 1.165) is 0 Å². The second-order valence-corrected chi connectivity index (χ2v) is 2.42. The van der Waals surface area contributed by atoms with Crippen molar-refractivity contribution in [3.8, 4) is 0 Å². The van der Waals surface area contributed by atoms with Crippen LogP contribution in [0.3, 0.4) is 0 Å². The molecule has 0 aromatic carbocycles. The van der Waals surface area contributed by atoms with Crippen molar-refractivity contribution in [2.45, 2.75) is 5.79 Å². The van der Waals surface area contributed by atoms with Gasteiger partial charge >= 0.3 is 0 Å². The Kier molecular flexibility index (Phi) is 4.29. The van der Waals surface area contributed by atoms with Crippen LogP contribution in [0.4, 0.5) is 0 Å². The van der Waals surface area contributed by atoms with Crippen LogP contribution in [0.15, 0.2) is 11.6 Å². The normalized spacial score (nSPS) is 11.6. The van der Waals surface area contributed by atoms with Crippen LogP contribution < -0.4 is 0 Å². The zero-order chi connectivity index (χ0) is 8.20. The smallest absolute Gasteiger partial charge is 0.218 e. The van der Waals surface area contributed by atoms with Crippen LogP contribution in [0.1, 0.15) is 0 Å². The Labute approximate surface area is 70.7 Å². The van der Waals surface area contributed by atoms with Crippen molar-refractivity contribution < 1.29 is 9.47 Å². The van der Waals surface area contributed by atoms with Gasteiger partial charge < -0.3 is 9.47 Å². The van der Waals surface area contributed by atoms with Gasteiger partial charge in [-0.3, -0.25) is 0 Å². The Balaban J connectivity index is 4.31. The standard InChI is InChI=1S/C6H10Cl2O2/c1-5(8)6(4-7,9-2)10-3/h1,4H2,2-3H3. The van der Waals surface area contributed by atoms with Crippen LogP contribution in [0, 0.1) is 0 Å². The molecule has 0 fully saturated rings. The lowest BCUT2D eigenvalue weighted by molar-refractivity contribution is -0.156. The van der Waals surface area contributed by atoms with E-state index in [9.17, 15) is 0 Å². The minimum atomic E-state index is -1.04. The monoisotopic (exact) mass is 184 g/mol. The Hall–Kier alpha value is 0.240. The molecular formula is C6H10Cl2O2. The van der Waals surface area contributed by atoms with E-state index in [1.165, 1.54) is 14.2 Å². The van der Waals surface area contributed by atoms with Crippen LogP contribution in [0.5, 0.6) is 0 Å². The van der Waals surface area contributed by atoms with Crippen molar-refractivity contribution >= 4 is 23.2 Å². The van der Waals surface area contributed by atoms with E-state index in [1.807, 2.05) is 0 Å². The summed E-state index contributed by atoms with van der Waals surface area (Å²) in [5, 5.41) is 0.243. The van der Waals surface area contributed by atoms with E-state index in [4.69, 9.17) is 32.7 Å². The SMILES string of the molecule is C=C(Cl)C(CCl)(OC)OC.